The number of hydrogen-bond acceptors (Lipinski definition) is 3. The van der Waals surface area contributed by atoms with Crippen molar-refractivity contribution in [3.05, 3.63) is 58.0 Å². The fourth-order valence-corrected chi connectivity index (χ4v) is 3.14. The van der Waals surface area contributed by atoms with E-state index in [1.165, 1.54) is 0 Å². The Morgan fingerprint density at radius 2 is 1.85 bits per heavy atom. The van der Waals surface area contributed by atoms with Gasteiger partial charge < -0.3 is 15.4 Å². The molecule has 2 aromatic carbocycles. The number of carbonyl (C=O) groups is 2. The summed E-state index contributed by atoms with van der Waals surface area (Å²) in [5, 5.41) is 7.41. The number of ether oxygens (including phenoxy) is 1. The lowest BCUT2D eigenvalue weighted by Crippen LogP contribution is -2.37. The van der Waals surface area contributed by atoms with Gasteiger partial charge in [-0.1, -0.05) is 24.3 Å². The summed E-state index contributed by atoms with van der Waals surface area (Å²) in [4.78, 5) is 24.5. The maximum atomic E-state index is 12.8. The van der Waals surface area contributed by atoms with E-state index in [0.29, 0.717) is 17.9 Å². The van der Waals surface area contributed by atoms with E-state index in [4.69, 9.17) is 4.74 Å². The lowest BCUT2D eigenvalue weighted by Gasteiger charge is -2.13. The van der Waals surface area contributed by atoms with Gasteiger partial charge in [0.15, 0.2) is 6.61 Å². The number of aryl methyl sites for hydroxylation is 1. The summed E-state index contributed by atoms with van der Waals surface area (Å²) < 4.78 is 5.69. The molecule has 0 spiro atoms. The summed E-state index contributed by atoms with van der Waals surface area (Å²) in [6, 6.07) is 11.2. The van der Waals surface area contributed by atoms with Gasteiger partial charge in [0.05, 0.1) is 0 Å². The first-order chi connectivity index (χ1) is 13.1. The van der Waals surface area contributed by atoms with Crippen LogP contribution in [0, 0.1) is 6.92 Å². The minimum atomic E-state index is -0.160. The van der Waals surface area contributed by atoms with Crippen LogP contribution >= 0.6 is 0 Å². The third kappa shape index (κ3) is 4.56. The Balaban J connectivity index is 1.87. The highest BCUT2D eigenvalue weighted by atomic mass is 16.5. The number of anilines is 1. The fourth-order valence-electron chi connectivity index (χ4n) is 3.14. The van der Waals surface area contributed by atoms with Gasteiger partial charge in [0, 0.05) is 23.0 Å². The van der Waals surface area contributed by atoms with Crippen LogP contribution in [0.1, 0.15) is 35.7 Å². The maximum Gasteiger partial charge on any atom is 0.257 e. The van der Waals surface area contributed by atoms with Gasteiger partial charge in [0.1, 0.15) is 5.75 Å². The summed E-state index contributed by atoms with van der Waals surface area (Å²) in [6.07, 6.45) is 5.87. The molecule has 3 rings (SSSR count). The molecule has 0 radical (unpaired) electrons. The molecule has 0 saturated carbocycles. The largest absolute Gasteiger partial charge is 0.483 e. The van der Waals surface area contributed by atoms with Gasteiger partial charge in [-0.2, -0.15) is 0 Å². The molecule has 5 heteroatoms. The monoisotopic (exact) mass is 364 g/mol. The standard InChI is InChI=1S/C22H24N2O3/c1-3-23-21(25)14-27-20-12-11-19(17-9-4-5-10-18(17)20)22(26)24-16-8-6-7-15(2)13-16/h6-13H,3-5,14H2,1-2H3,(H,23,25)(H,24,26). The second kappa shape index (κ2) is 8.54. The van der Waals surface area contributed by atoms with Crippen LogP contribution in [0.2, 0.25) is 0 Å². The minimum Gasteiger partial charge on any atom is -0.483 e. The number of likely N-dealkylation sites (N-methyl/N-ethyl adjacent to an activating group) is 1. The highest BCUT2D eigenvalue weighted by Gasteiger charge is 2.13. The summed E-state index contributed by atoms with van der Waals surface area (Å²) >= 11 is 0. The van der Waals surface area contributed by atoms with Gasteiger partial charge in [-0.25, -0.2) is 0 Å². The molecule has 0 atom stereocenters. The number of amides is 2. The Morgan fingerprint density at radius 3 is 2.59 bits per heavy atom. The van der Waals surface area contributed by atoms with Crippen molar-refractivity contribution in [2.75, 3.05) is 18.5 Å². The van der Waals surface area contributed by atoms with E-state index in [1.807, 2.05) is 38.1 Å². The molecule has 0 bridgehead atoms. The molecule has 27 heavy (non-hydrogen) atoms. The van der Waals surface area contributed by atoms with Gasteiger partial charge in [-0.05, 0) is 61.7 Å². The Kier molecular flexibility index (Phi) is 5.91. The van der Waals surface area contributed by atoms with Crippen LogP contribution in [0.4, 0.5) is 5.69 Å². The van der Waals surface area contributed by atoms with E-state index in [2.05, 4.69) is 22.8 Å². The van der Waals surface area contributed by atoms with Crippen molar-refractivity contribution in [2.45, 2.75) is 26.7 Å². The van der Waals surface area contributed by atoms with Crippen LogP contribution in [-0.2, 0) is 4.79 Å². The second-order valence-electron chi connectivity index (χ2n) is 6.49. The fraction of sp³-hybridized carbons (Fsp3) is 0.273. The average molecular weight is 364 g/mol. The molecule has 140 valence electrons. The van der Waals surface area contributed by atoms with E-state index in [0.717, 1.165) is 34.5 Å². The quantitative estimate of drug-likeness (QED) is 0.825. The van der Waals surface area contributed by atoms with E-state index >= 15 is 0 Å². The predicted octanol–water partition coefficient (Wildman–Crippen LogP) is 2.12. The molecule has 0 saturated heterocycles. The average Bonchev–Trinajstić information content (AvgIpc) is 2.66. The zero-order chi connectivity index (χ0) is 19.2. The second-order valence-corrected chi connectivity index (χ2v) is 6.49. The number of rotatable bonds is 6. The highest BCUT2D eigenvalue weighted by Crippen LogP contribution is 2.12. The van der Waals surface area contributed by atoms with Gasteiger partial charge in [0.25, 0.3) is 11.8 Å². The Hall–Kier alpha value is -3.08. The van der Waals surface area contributed by atoms with E-state index < -0.39 is 0 Å². The first kappa shape index (κ1) is 18.7. The molecule has 0 aromatic heterocycles. The molecule has 2 amide bonds. The SMILES string of the molecule is CCNC(=O)COc1ccc(C(=O)Nc2cccc(C)c2)c2c1=CCCC=2. The van der Waals surface area contributed by atoms with Crippen molar-refractivity contribution in [3.8, 4) is 5.75 Å². The van der Waals surface area contributed by atoms with Crippen molar-refractivity contribution in [3.63, 3.8) is 0 Å². The zero-order valence-electron chi connectivity index (χ0n) is 15.7. The van der Waals surface area contributed by atoms with Gasteiger partial charge in [0.2, 0.25) is 0 Å². The van der Waals surface area contributed by atoms with Gasteiger partial charge >= 0.3 is 0 Å². The van der Waals surface area contributed by atoms with Gasteiger partial charge in [-0.3, -0.25) is 9.59 Å². The lowest BCUT2D eigenvalue weighted by atomic mass is 10.0. The summed E-state index contributed by atoms with van der Waals surface area (Å²) in [7, 11) is 0. The maximum absolute atomic E-state index is 12.8. The number of carbonyl (C=O) groups excluding carboxylic acids is 2. The number of fused-ring (bicyclic) bond motifs is 1. The molecule has 0 heterocycles. The summed E-state index contributed by atoms with van der Waals surface area (Å²) in [6.45, 7) is 4.38. The Labute approximate surface area is 158 Å². The van der Waals surface area contributed by atoms with Crippen LogP contribution in [0.15, 0.2) is 36.4 Å². The van der Waals surface area contributed by atoms with Crippen molar-refractivity contribution >= 4 is 29.7 Å². The van der Waals surface area contributed by atoms with Crippen LogP contribution in [-0.4, -0.2) is 25.0 Å². The van der Waals surface area contributed by atoms with Crippen molar-refractivity contribution in [2.24, 2.45) is 0 Å². The predicted molar refractivity (Wildman–Crippen MR) is 107 cm³/mol. The molecule has 1 aliphatic rings. The lowest BCUT2D eigenvalue weighted by molar-refractivity contribution is -0.123. The van der Waals surface area contributed by atoms with Crippen molar-refractivity contribution in [1.29, 1.82) is 0 Å². The minimum absolute atomic E-state index is 0.0387. The first-order valence-corrected chi connectivity index (χ1v) is 9.19. The zero-order valence-corrected chi connectivity index (χ0v) is 15.7. The Bertz CT molecular complexity index is 980. The molecule has 1 aliphatic carbocycles. The molecule has 5 nitrogen and oxygen atoms in total. The van der Waals surface area contributed by atoms with E-state index in [9.17, 15) is 9.59 Å². The third-order valence-electron chi connectivity index (χ3n) is 4.36. The van der Waals surface area contributed by atoms with E-state index in [-0.39, 0.29) is 18.4 Å². The third-order valence-corrected chi connectivity index (χ3v) is 4.36. The summed E-state index contributed by atoms with van der Waals surface area (Å²) in [5.74, 6) is 0.310. The van der Waals surface area contributed by atoms with Crippen LogP contribution < -0.4 is 25.8 Å². The van der Waals surface area contributed by atoms with Gasteiger partial charge in [-0.15, -0.1) is 0 Å². The number of nitrogens with one attached hydrogen (secondary N) is 2. The molecule has 2 N–H and O–H groups in total. The molecule has 2 aromatic rings. The molecular weight excluding hydrogens is 340 g/mol. The topological polar surface area (TPSA) is 67.4 Å². The molecule has 0 fully saturated rings. The molecule has 0 unspecified atom stereocenters. The first-order valence-electron chi connectivity index (χ1n) is 9.19. The normalized spacial score (nSPS) is 12.2. The van der Waals surface area contributed by atoms with Crippen LogP contribution in [0.25, 0.3) is 12.2 Å². The van der Waals surface area contributed by atoms with E-state index in [1.54, 1.807) is 12.1 Å². The highest BCUT2D eigenvalue weighted by molar-refractivity contribution is 6.04. The smallest absolute Gasteiger partial charge is 0.257 e. The number of hydrogen-bond donors (Lipinski definition) is 2. The van der Waals surface area contributed by atoms with Crippen LogP contribution in [0.5, 0.6) is 5.75 Å². The molecular formula is C22H24N2O3. The van der Waals surface area contributed by atoms with Crippen molar-refractivity contribution < 1.29 is 14.3 Å². The molecule has 0 aliphatic heterocycles. The van der Waals surface area contributed by atoms with Crippen molar-refractivity contribution in [1.82, 2.24) is 5.32 Å². The van der Waals surface area contributed by atoms with Crippen LogP contribution in [0.3, 0.4) is 0 Å². The number of benzene rings is 2. The Morgan fingerprint density at radius 1 is 1.07 bits per heavy atom. The summed E-state index contributed by atoms with van der Waals surface area (Å²) in [5.41, 5.74) is 2.46.